The van der Waals surface area contributed by atoms with Gasteiger partial charge in [-0.3, -0.25) is 29.4 Å². The van der Waals surface area contributed by atoms with E-state index in [1.54, 1.807) is 24.3 Å². The molecule has 0 radical (unpaired) electrons. The fraction of sp³-hybridized carbons (Fsp3) is 0.111. The van der Waals surface area contributed by atoms with Crippen LogP contribution in [-0.4, -0.2) is 53.8 Å². The minimum absolute atomic E-state index is 0.0976. The molecule has 1 N–H and O–H groups in total. The third-order valence-electron chi connectivity index (χ3n) is 4.64. The predicted octanol–water partition coefficient (Wildman–Crippen LogP) is 1.19. The van der Waals surface area contributed by atoms with Crippen LogP contribution in [-0.2, 0) is 4.79 Å². The molecule has 1 aliphatic heterocycles. The maximum Gasteiger partial charge on any atom is 0.282 e. The van der Waals surface area contributed by atoms with Gasteiger partial charge in [0.2, 0.25) is 5.91 Å². The molecule has 3 amide bonds. The molecule has 0 saturated heterocycles. The summed E-state index contributed by atoms with van der Waals surface area (Å²) in [5.41, 5.74) is 0.210. The Bertz CT molecular complexity index is 1170. The summed E-state index contributed by atoms with van der Waals surface area (Å²) in [5.74, 6) is -2.25. The van der Waals surface area contributed by atoms with E-state index in [0.717, 1.165) is 11.0 Å². The number of rotatable bonds is 5. The van der Waals surface area contributed by atoms with Crippen LogP contribution in [0.1, 0.15) is 27.6 Å². The standard InChI is InChI=1S/C18H13N7O5/c1-10(16(26)20-11-5-7-12(8-6-11)23-9-19-21-22-23)24-17(27)13-3-2-4-14(25(29)30)15(13)18(24)28/h2-10H,1H3,(H,20,26). The van der Waals surface area contributed by atoms with Gasteiger partial charge in [0.15, 0.2) is 0 Å². The smallest absolute Gasteiger partial charge is 0.282 e. The van der Waals surface area contributed by atoms with Crippen molar-refractivity contribution in [2.24, 2.45) is 0 Å². The highest BCUT2D eigenvalue weighted by atomic mass is 16.6. The zero-order valence-electron chi connectivity index (χ0n) is 15.4. The molecule has 1 atom stereocenters. The fourth-order valence-corrected chi connectivity index (χ4v) is 3.13. The van der Waals surface area contributed by atoms with Gasteiger partial charge in [-0.1, -0.05) is 6.07 Å². The lowest BCUT2D eigenvalue weighted by atomic mass is 10.1. The molecule has 0 saturated carbocycles. The SMILES string of the molecule is CC(C(=O)Nc1ccc(-n2cnnn2)cc1)N1C(=O)c2cccc([N+](=O)[O-])c2C1=O. The average molecular weight is 407 g/mol. The molecule has 30 heavy (non-hydrogen) atoms. The Labute approximate surface area is 168 Å². The van der Waals surface area contributed by atoms with Crippen LogP contribution in [0.15, 0.2) is 48.8 Å². The largest absolute Gasteiger partial charge is 0.324 e. The summed E-state index contributed by atoms with van der Waals surface area (Å²) >= 11 is 0. The number of anilines is 1. The maximum atomic E-state index is 12.7. The molecule has 1 aliphatic rings. The van der Waals surface area contributed by atoms with Crippen molar-refractivity contribution in [3.63, 3.8) is 0 Å². The lowest BCUT2D eigenvalue weighted by Crippen LogP contribution is -2.45. The number of amides is 3. The monoisotopic (exact) mass is 407 g/mol. The van der Waals surface area contributed by atoms with E-state index >= 15 is 0 Å². The Balaban J connectivity index is 1.53. The number of carbonyl (C=O) groups excluding carboxylic acids is 3. The third-order valence-corrected chi connectivity index (χ3v) is 4.64. The molecule has 0 aliphatic carbocycles. The van der Waals surface area contributed by atoms with Gasteiger partial charge < -0.3 is 5.32 Å². The molecule has 1 aromatic heterocycles. The molecule has 0 fully saturated rings. The van der Waals surface area contributed by atoms with Crippen LogP contribution in [0.2, 0.25) is 0 Å². The number of carbonyl (C=O) groups is 3. The number of nitrogens with zero attached hydrogens (tertiary/aromatic N) is 6. The molecular weight excluding hydrogens is 394 g/mol. The number of benzene rings is 2. The van der Waals surface area contributed by atoms with Gasteiger partial charge in [0.25, 0.3) is 17.5 Å². The highest BCUT2D eigenvalue weighted by Crippen LogP contribution is 2.32. The van der Waals surface area contributed by atoms with Gasteiger partial charge >= 0.3 is 0 Å². The number of aromatic nitrogens is 4. The molecule has 2 heterocycles. The summed E-state index contributed by atoms with van der Waals surface area (Å²) in [6.45, 7) is 1.37. The predicted molar refractivity (Wildman–Crippen MR) is 101 cm³/mol. The lowest BCUT2D eigenvalue weighted by molar-refractivity contribution is -0.385. The number of nitro groups is 1. The second-order valence-electron chi connectivity index (χ2n) is 6.40. The van der Waals surface area contributed by atoms with E-state index in [1.807, 2.05) is 0 Å². The quantitative estimate of drug-likeness (QED) is 0.376. The highest BCUT2D eigenvalue weighted by molar-refractivity contribution is 6.24. The van der Waals surface area contributed by atoms with Gasteiger partial charge in [0.1, 0.15) is 17.9 Å². The second kappa shape index (κ2) is 7.16. The zero-order valence-corrected chi connectivity index (χ0v) is 15.4. The molecule has 1 unspecified atom stereocenters. The van der Waals surface area contributed by atoms with Gasteiger partial charge in [0, 0.05) is 11.8 Å². The Kier molecular flexibility index (Phi) is 4.50. The highest BCUT2D eigenvalue weighted by Gasteiger charge is 2.44. The van der Waals surface area contributed by atoms with E-state index < -0.39 is 34.4 Å². The first-order valence-corrected chi connectivity index (χ1v) is 8.68. The normalized spacial score (nSPS) is 13.8. The van der Waals surface area contributed by atoms with E-state index in [9.17, 15) is 24.5 Å². The molecule has 0 bridgehead atoms. The Hall–Kier alpha value is -4.48. The third kappa shape index (κ3) is 3.05. The number of imide groups is 1. The van der Waals surface area contributed by atoms with E-state index in [-0.39, 0.29) is 11.1 Å². The average Bonchev–Trinajstić information content (AvgIpc) is 3.35. The Morgan fingerprint density at radius 1 is 1.13 bits per heavy atom. The summed E-state index contributed by atoms with van der Waals surface area (Å²) in [7, 11) is 0. The first kappa shape index (κ1) is 18.9. The fourth-order valence-electron chi connectivity index (χ4n) is 3.13. The lowest BCUT2D eigenvalue weighted by Gasteiger charge is -2.21. The zero-order chi connectivity index (χ0) is 21.4. The molecule has 4 rings (SSSR count). The van der Waals surface area contributed by atoms with E-state index in [0.29, 0.717) is 11.4 Å². The van der Waals surface area contributed by atoms with Gasteiger partial charge in [-0.2, -0.15) is 0 Å². The van der Waals surface area contributed by atoms with Crippen molar-refractivity contribution in [3.8, 4) is 5.69 Å². The van der Waals surface area contributed by atoms with Crippen LogP contribution in [0.4, 0.5) is 11.4 Å². The molecule has 12 nitrogen and oxygen atoms in total. The number of nitro benzene ring substituents is 1. The molecule has 150 valence electrons. The van der Waals surface area contributed by atoms with Gasteiger partial charge in [-0.15, -0.1) is 5.10 Å². The van der Waals surface area contributed by atoms with Crippen LogP contribution in [0.3, 0.4) is 0 Å². The van der Waals surface area contributed by atoms with Crippen LogP contribution in [0.5, 0.6) is 0 Å². The number of hydrogen-bond acceptors (Lipinski definition) is 8. The van der Waals surface area contributed by atoms with Crippen molar-refractivity contribution >= 4 is 29.1 Å². The number of nitrogens with one attached hydrogen (secondary N) is 1. The van der Waals surface area contributed by atoms with Crippen molar-refractivity contribution in [3.05, 3.63) is 70.0 Å². The van der Waals surface area contributed by atoms with Crippen LogP contribution in [0.25, 0.3) is 5.69 Å². The molecule has 3 aromatic rings. The van der Waals surface area contributed by atoms with E-state index in [4.69, 9.17) is 0 Å². The second-order valence-corrected chi connectivity index (χ2v) is 6.40. The number of hydrogen-bond donors (Lipinski definition) is 1. The summed E-state index contributed by atoms with van der Waals surface area (Å²) in [4.78, 5) is 49.2. The van der Waals surface area contributed by atoms with Gasteiger partial charge in [-0.05, 0) is 47.7 Å². The molecule has 12 heteroatoms. The molecular formula is C18H13N7O5. The number of fused-ring (bicyclic) bond motifs is 1. The van der Waals surface area contributed by atoms with Crippen LogP contribution >= 0.6 is 0 Å². The number of tetrazole rings is 1. The van der Waals surface area contributed by atoms with Crippen LogP contribution in [0, 0.1) is 10.1 Å². The Morgan fingerprint density at radius 2 is 1.87 bits per heavy atom. The summed E-state index contributed by atoms with van der Waals surface area (Å²) in [6, 6.07) is 9.15. The first-order valence-electron chi connectivity index (χ1n) is 8.68. The van der Waals surface area contributed by atoms with Gasteiger partial charge in [0.05, 0.1) is 16.2 Å². The van der Waals surface area contributed by atoms with Crippen molar-refractivity contribution in [1.29, 1.82) is 0 Å². The minimum Gasteiger partial charge on any atom is -0.324 e. The van der Waals surface area contributed by atoms with E-state index in [2.05, 4.69) is 20.8 Å². The summed E-state index contributed by atoms with van der Waals surface area (Å²) in [6.07, 6.45) is 1.41. The molecule has 0 spiro atoms. The van der Waals surface area contributed by atoms with Crippen molar-refractivity contribution in [1.82, 2.24) is 25.1 Å². The van der Waals surface area contributed by atoms with Crippen molar-refractivity contribution in [2.75, 3.05) is 5.32 Å². The minimum atomic E-state index is -1.18. The molecule has 2 aromatic carbocycles. The Morgan fingerprint density at radius 3 is 2.50 bits per heavy atom. The summed E-state index contributed by atoms with van der Waals surface area (Å²) in [5, 5.41) is 24.6. The van der Waals surface area contributed by atoms with E-state index in [1.165, 1.54) is 30.1 Å². The van der Waals surface area contributed by atoms with Gasteiger partial charge in [-0.25, -0.2) is 4.68 Å². The van der Waals surface area contributed by atoms with Crippen LogP contribution < -0.4 is 5.32 Å². The summed E-state index contributed by atoms with van der Waals surface area (Å²) < 4.78 is 1.43. The topological polar surface area (TPSA) is 153 Å². The van der Waals surface area contributed by atoms with Crippen molar-refractivity contribution < 1.29 is 19.3 Å². The first-order chi connectivity index (χ1) is 14.4. The maximum absolute atomic E-state index is 12.7. The van der Waals surface area contributed by atoms with Crippen molar-refractivity contribution in [2.45, 2.75) is 13.0 Å².